The quantitative estimate of drug-likeness (QED) is 0.877. The summed E-state index contributed by atoms with van der Waals surface area (Å²) in [6.45, 7) is 0.0348. The maximum Gasteiger partial charge on any atom is 0.435 e. The first kappa shape index (κ1) is 17.9. The van der Waals surface area contributed by atoms with Crippen molar-refractivity contribution in [3.8, 4) is 0 Å². The molecule has 1 aromatic carbocycles. The molecule has 1 N–H and O–H groups in total. The van der Waals surface area contributed by atoms with Crippen molar-refractivity contribution in [2.75, 3.05) is 6.54 Å². The zero-order chi connectivity index (χ0) is 18.1. The van der Waals surface area contributed by atoms with Crippen LogP contribution in [0.5, 0.6) is 0 Å². The van der Waals surface area contributed by atoms with Crippen LogP contribution in [0.15, 0.2) is 35.2 Å². The second kappa shape index (κ2) is 6.80. The van der Waals surface area contributed by atoms with Gasteiger partial charge in [-0.05, 0) is 37.8 Å². The van der Waals surface area contributed by atoms with E-state index in [4.69, 9.17) is 0 Å². The molecule has 1 aliphatic carbocycles. The molecule has 9 heteroatoms. The lowest BCUT2D eigenvalue weighted by Crippen LogP contribution is -2.28. The average molecular weight is 373 g/mol. The molecule has 0 saturated carbocycles. The molecule has 0 radical (unpaired) electrons. The first-order chi connectivity index (χ1) is 11.8. The molecule has 0 atom stereocenters. The van der Waals surface area contributed by atoms with Crippen LogP contribution in [0, 0.1) is 0 Å². The number of alkyl halides is 3. The molecule has 0 fully saturated rings. The van der Waals surface area contributed by atoms with E-state index >= 15 is 0 Å². The predicted octanol–water partition coefficient (Wildman–Crippen LogP) is 2.76. The minimum Gasteiger partial charge on any atom is -0.267 e. The summed E-state index contributed by atoms with van der Waals surface area (Å²) in [5, 5.41) is 3.71. The van der Waals surface area contributed by atoms with Crippen molar-refractivity contribution in [1.29, 1.82) is 0 Å². The van der Waals surface area contributed by atoms with Gasteiger partial charge in [0, 0.05) is 17.8 Å². The van der Waals surface area contributed by atoms with Gasteiger partial charge < -0.3 is 0 Å². The molecular formula is C16H18F3N3O2S. The molecule has 0 unspecified atom stereocenters. The SMILES string of the molecule is O=S(=O)(NCCn1nc(C(F)(F)F)c2c1CCCC2)c1ccccc1. The van der Waals surface area contributed by atoms with Crippen molar-refractivity contribution < 1.29 is 21.6 Å². The largest absolute Gasteiger partial charge is 0.435 e. The van der Waals surface area contributed by atoms with Gasteiger partial charge in [0.2, 0.25) is 10.0 Å². The van der Waals surface area contributed by atoms with E-state index in [0.717, 1.165) is 6.42 Å². The molecule has 1 heterocycles. The summed E-state index contributed by atoms with van der Waals surface area (Å²) in [4.78, 5) is 0.119. The lowest BCUT2D eigenvalue weighted by molar-refractivity contribution is -0.142. The molecule has 136 valence electrons. The molecule has 2 aromatic rings. The lowest BCUT2D eigenvalue weighted by atomic mass is 9.95. The minimum absolute atomic E-state index is 0.0252. The van der Waals surface area contributed by atoms with Crippen molar-refractivity contribution >= 4 is 10.0 Å². The van der Waals surface area contributed by atoms with E-state index in [1.165, 1.54) is 16.8 Å². The van der Waals surface area contributed by atoms with Crippen LogP contribution < -0.4 is 4.72 Å². The summed E-state index contributed by atoms with van der Waals surface area (Å²) in [6, 6.07) is 7.83. The smallest absolute Gasteiger partial charge is 0.267 e. The van der Waals surface area contributed by atoms with Gasteiger partial charge in [-0.1, -0.05) is 18.2 Å². The summed E-state index contributed by atoms with van der Waals surface area (Å²) in [6.07, 6.45) is -2.08. The van der Waals surface area contributed by atoms with E-state index in [-0.39, 0.29) is 23.5 Å². The predicted molar refractivity (Wildman–Crippen MR) is 85.5 cm³/mol. The second-order valence-corrected chi connectivity index (χ2v) is 7.68. The molecule has 0 saturated heterocycles. The topological polar surface area (TPSA) is 64.0 Å². The Morgan fingerprint density at radius 1 is 1.12 bits per heavy atom. The van der Waals surface area contributed by atoms with Crippen LogP contribution >= 0.6 is 0 Å². The molecule has 25 heavy (non-hydrogen) atoms. The van der Waals surface area contributed by atoms with Gasteiger partial charge in [0.25, 0.3) is 0 Å². The summed E-state index contributed by atoms with van der Waals surface area (Å²) in [5.74, 6) is 0. The van der Waals surface area contributed by atoms with Crippen LogP contribution in [0.4, 0.5) is 13.2 Å². The van der Waals surface area contributed by atoms with Crippen molar-refractivity contribution in [2.45, 2.75) is 43.3 Å². The van der Waals surface area contributed by atoms with Gasteiger partial charge in [-0.2, -0.15) is 18.3 Å². The van der Waals surface area contributed by atoms with Gasteiger partial charge in [-0.3, -0.25) is 4.68 Å². The standard InChI is InChI=1S/C16H18F3N3O2S/c17-16(18,19)15-13-8-4-5-9-14(13)22(21-15)11-10-20-25(23,24)12-6-2-1-3-7-12/h1-3,6-7,20H,4-5,8-11H2. The van der Waals surface area contributed by atoms with Crippen molar-refractivity contribution in [1.82, 2.24) is 14.5 Å². The van der Waals surface area contributed by atoms with Crippen molar-refractivity contribution in [2.24, 2.45) is 0 Å². The number of hydrogen-bond donors (Lipinski definition) is 1. The van der Waals surface area contributed by atoms with E-state index in [0.29, 0.717) is 25.0 Å². The Kier molecular flexibility index (Phi) is 4.88. The maximum atomic E-state index is 13.1. The number of sulfonamides is 1. The van der Waals surface area contributed by atoms with Gasteiger partial charge in [0.05, 0.1) is 11.4 Å². The fourth-order valence-electron chi connectivity index (χ4n) is 3.05. The third kappa shape index (κ3) is 3.87. The minimum atomic E-state index is -4.49. The Labute approximate surface area is 143 Å². The van der Waals surface area contributed by atoms with Gasteiger partial charge >= 0.3 is 6.18 Å². The summed E-state index contributed by atoms with van der Waals surface area (Å²) in [5.41, 5.74) is -0.0183. The van der Waals surface area contributed by atoms with E-state index in [1.54, 1.807) is 18.2 Å². The third-order valence-electron chi connectivity index (χ3n) is 4.19. The Bertz CT molecular complexity index is 846. The molecule has 1 aliphatic rings. The highest BCUT2D eigenvalue weighted by Gasteiger charge is 2.39. The number of nitrogens with one attached hydrogen (secondary N) is 1. The Hall–Kier alpha value is -1.87. The van der Waals surface area contributed by atoms with Gasteiger partial charge in [0.1, 0.15) is 0 Å². The molecular weight excluding hydrogens is 355 g/mol. The van der Waals surface area contributed by atoms with Gasteiger partial charge in [-0.25, -0.2) is 13.1 Å². The van der Waals surface area contributed by atoms with E-state index in [2.05, 4.69) is 9.82 Å². The average Bonchev–Trinajstić information content (AvgIpc) is 2.95. The van der Waals surface area contributed by atoms with E-state index in [9.17, 15) is 21.6 Å². The first-order valence-electron chi connectivity index (χ1n) is 7.99. The highest BCUT2D eigenvalue weighted by Crippen LogP contribution is 2.35. The molecule has 0 bridgehead atoms. The number of aromatic nitrogens is 2. The number of nitrogens with zero attached hydrogens (tertiary/aromatic N) is 2. The molecule has 0 aliphatic heterocycles. The van der Waals surface area contributed by atoms with Crippen LogP contribution in [-0.4, -0.2) is 24.7 Å². The number of halogens is 3. The van der Waals surface area contributed by atoms with Gasteiger partial charge in [0.15, 0.2) is 5.69 Å². The molecule has 1 aromatic heterocycles. The normalized spacial score (nSPS) is 15.2. The van der Waals surface area contributed by atoms with Crippen LogP contribution in [-0.2, 0) is 35.6 Å². The van der Waals surface area contributed by atoms with Crippen molar-refractivity contribution in [3.63, 3.8) is 0 Å². The summed E-state index contributed by atoms with van der Waals surface area (Å²) in [7, 11) is -3.69. The van der Waals surface area contributed by atoms with E-state index < -0.39 is 21.9 Å². The molecule has 0 amide bonds. The lowest BCUT2D eigenvalue weighted by Gasteiger charge is -2.15. The Morgan fingerprint density at radius 2 is 1.80 bits per heavy atom. The Balaban J connectivity index is 1.75. The second-order valence-electron chi connectivity index (χ2n) is 5.91. The first-order valence-corrected chi connectivity index (χ1v) is 9.48. The van der Waals surface area contributed by atoms with E-state index in [1.807, 2.05) is 0 Å². The van der Waals surface area contributed by atoms with Crippen LogP contribution in [0.1, 0.15) is 29.8 Å². The third-order valence-corrected chi connectivity index (χ3v) is 5.67. The van der Waals surface area contributed by atoms with Crippen LogP contribution in [0.3, 0.4) is 0 Å². The highest BCUT2D eigenvalue weighted by atomic mass is 32.2. The summed E-state index contributed by atoms with van der Waals surface area (Å²) >= 11 is 0. The summed E-state index contributed by atoms with van der Waals surface area (Å²) < 4.78 is 67.4. The molecule has 5 nitrogen and oxygen atoms in total. The van der Waals surface area contributed by atoms with Crippen LogP contribution in [0.25, 0.3) is 0 Å². The number of benzene rings is 1. The van der Waals surface area contributed by atoms with Crippen LogP contribution in [0.2, 0.25) is 0 Å². The monoisotopic (exact) mass is 373 g/mol. The zero-order valence-corrected chi connectivity index (χ0v) is 14.2. The maximum absolute atomic E-state index is 13.1. The fraction of sp³-hybridized carbons (Fsp3) is 0.438. The van der Waals surface area contributed by atoms with Crippen molar-refractivity contribution in [3.05, 3.63) is 47.3 Å². The highest BCUT2D eigenvalue weighted by molar-refractivity contribution is 7.89. The molecule has 3 rings (SSSR count). The number of hydrogen-bond acceptors (Lipinski definition) is 3. The molecule has 0 spiro atoms. The number of fused-ring (bicyclic) bond motifs is 1. The zero-order valence-electron chi connectivity index (χ0n) is 13.4. The number of rotatable bonds is 5. The van der Waals surface area contributed by atoms with Gasteiger partial charge in [-0.15, -0.1) is 0 Å². The fourth-order valence-corrected chi connectivity index (χ4v) is 4.09. The Morgan fingerprint density at radius 3 is 2.48 bits per heavy atom.